The second-order valence-corrected chi connectivity index (χ2v) is 6.91. The van der Waals surface area contributed by atoms with Gasteiger partial charge in [-0.15, -0.1) is 0 Å². The highest BCUT2D eigenvalue weighted by Gasteiger charge is 2.10. The Bertz CT molecular complexity index is 1050. The summed E-state index contributed by atoms with van der Waals surface area (Å²) >= 11 is 6.91. The van der Waals surface area contributed by atoms with E-state index in [1.165, 1.54) is 42.3 Å². The van der Waals surface area contributed by atoms with Gasteiger partial charge in [0.05, 0.1) is 9.95 Å². The molecule has 0 aliphatic carbocycles. The number of nitro groups is 1. The van der Waals surface area contributed by atoms with Gasteiger partial charge in [0.1, 0.15) is 5.82 Å². The molecule has 0 fully saturated rings. The predicted octanol–water partition coefficient (Wildman–Crippen LogP) is 5.76. The lowest BCUT2D eigenvalue weighted by Crippen LogP contribution is -2.12. The van der Waals surface area contributed by atoms with E-state index in [4.69, 9.17) is 11.6 Å². The molecule has 3 rings (SSSR count). The minimum atomic E-state index is -0.566. The number of nitro benzene ring substituents is 1. The van der Waals surface area contributed by atoms with Crippen molar-refractivity contribution in [2.24, 2.45) is 0 Å². The Kier molecular flexibility index (Phi) is 6.13. The number of nitrogens with zero attached hydrogens (tertiary/aromatic N) is 1. The second-order valence-electron chi connectivity index (χ2n) is 5.62. The molecule has 3 aromatic rings. The third-order valence-corrected chi connectivity index (χ3v) is 4.73. The molecule has 0 saturated carbocycles. The van der Waals surface area contributed by atoms with Gasteiger partial charge in [-0.05, 0) is 54.4 Å². The van der Waals surface area contributed by atoms with E-state index in [0.29, 0.717) is 21.8 Å². The number of benzene rings is 3. The minimum Gasteiger partial charge on any atom is -0.326 e. The number of nitrogens with one attached hydrogen (secondary N) is 2. The Hall–Kier alpha value is -3.10. The summed E-state index contributed by atoms with van der Waals surface area (Å²) < 4.78 is 16.3. The molecule has 0 radical (unpaired) electrons. The van der Waals surface area contributed by atoms with Crippen LogP contribution in [0.2, 0.25) is 5.02 Å². The van der Waals surface area contributed by atoms with E-state index in [0.717, 1.165) is 0 Å². The number of anilines is 2. The normalized spacial score (nSPS) is 10.4. The Morgan fingerprint density at radius 3 is 2.57 bits per heavy atom. The topological polar surface area (TPSA) is 84.3 Å². The van der Waals surface area contributed by atoms with Crippen molar-refractivity contribution >= 4 is 46.5 Å². The summed E-state index contributed by atoms with van der Waals surface area (Å²) in [5.74, 6) is -0.948. The maximum Gasteiger partial charge on any atom is 0.270 e. The molecule has 0 heterocycles. The zero-order valence-corrected chi connectivity index (χ0v) is 15.8. The fourth-order valence-corrected chi connectivity index (χ4v) is 3.15. The van der Waals surface area contributed by atoms with Crippen molar-refractivity contribution < 1.29 is 14.1 Å². The van der Waals surface area contributed by atoms with E-state index in [-0.39, 0.29) is 16.6 Å². The van der Waals surface area contributed by atoms with Gasteiger partial charge in [-0.25, -0.2) is 4.39 Å². The Morgan fingerprint density at radius 2 is 1.82 bits per heavy atom. The molecule has 0 aliphatic rings. The number of amides is 1. The van der Waals surface area contributed by atoms with Gasteiger partial charge in [-0.2, -0.15) is 0 Å². The molecular formula is C19H13ClFN3O3S. The highest BCUT2D eigenvalue weighted by atomic mass is 35.5. The lowest BCUT2D eigenvalue weighted by Gasteiger charge is -2.09. The molecule has 0 bridgehead atoms. The van der Waals surface area contributed by atoms with E-state index >= 15 is 0 Å². The lowest BCUT2D eigenvalue weighted by atomic mass is 10.2. The summed E-state index contributed by atoms with van der Waals surface area (Å²) in [6, 6.07) is 16.8. The first-order chi connectivity index (χ1) is 13.4. The molecular weight excluding hydrogens is 405 g/mol. The molecule has 0 atom stereocenters. The summed E-state index contributed by atoms with van der Waals surface area (Å²) in [7, 11) is 0. The van der Waals surface area contributed by atoms with Crippen molar-refractivity contribution in [2.75, 3.05) is 10.0 Å². The van der Waals surface area contributed by atoms with Crippen molar-refractivity contribution in [1.82, 2.24) is 0 Å². The average Bonchev–Trinajstić information content (AvgIpc) is 2.69. The van der Waals surface area contributed by atoms with E-state index < -0.39 is 10.7 Å². The first kappa shape index (κ1) is 19.7. The van der Waals surface area contributed by atoms with Crippen molar-refractivity contribution in [3.8, 4) is 0 Å². The van der Waals surface area contributed by atoms with Gasteiger partial charge in [-0.3, -0.25) is 14.9 Å². The number of carbonyl (C=O) groups is 1. The second kappa shape index (κ2) is 8.73. The van der Waals surface area contributed by atoms with Crippen LogP contribution in [-0.4, -0.2) is 10.8 Å². The first-order valence-electron chi connectivity index (χ1n) is 7.96. The number of rotatable bonds is 6. The molecule has 28 heavy (non-hydrogen) atoms. The van der Waals surface area contributed by atoms with Crippen LogP contribution in [0.3, 0.4) is 0 Å². The van der Waals surface area contributed by atoms with Gasteiger partial charge in [0.15, 0.2) is 0 Å². The molecule has 1 amide bonds. The maximum absolute atomic E-state index is 13.2. The van der Waals surface area contributed by atoms with Gasteiger partial charge in [-0.1, -0.05) is 23.7 Å². The molecule has 0 aliphatic heterocycles. The van der Waals surface area contributed by atoms with E-state index in [1.54, 1.807) is 36.4 Å². The van der Waals surface area contributed by atoms with Crippen LogP contribution in [0.15, 0.2) is 71.6 Å². The summed E-state index contributed by atoms with van der Waals surface area (Å²) in [5, 5.41) is 13.4. The largest absolute Gasteiger partial charge is 0.326 e. The van der Waals surface area contributed by atoms with Gasteiger partial charge < -0.3 is 10.0 Å². The molecule has 0 saturated heterocycles. The minimum absolute atomic E-state index is 0.00196. The van der Waals surface area contributed by atoms with Crippen LogP contribution in [0.5, 0.6) is 0 Å². The fourth-order valence-electron chi connectivity index (χ4n) is 2.28. The Morgan fingerprint density at radius 1 is 1.04 bits per heavy atom. The molecule has 3 aromatic carbocycles. The summed E-state index contributed by atoms with van der Waals surface area (Å²) in [6.45, 7) is 0. The van der Waals surface area contributed by atoms with Gasteiger partial charge in [0.2, 0.25) is 0 Å². The Labute approximate surface area is 169 Å². The smallest absolute Gasteiger partial charge is 0.270 e. The molecule has 6 nitrogen and oxygen atoms in total. The molecule has 2 N–H and O–H groups in total. The van der Waals surface area contributed by atoms with Crippen molar-refractivity contribution in [3.63, 3.8) is 0 Å². The first-order valence-corrected chi connectivity index (χ1v) is 9.15. The zero-order valence-electron chi connectivity index (χ0n) is 14.2. The van der Waals surface area contributed by atoms with E-state index in [9.17, 15) is 19.3 Å². The van der Waals surface area contributed by atoms with Gasteiger partial charge in [0.25, 0.3) is 11.6 Å². The number of carbonyl (C=O) groups excluding carboxylic acids is 1. The molecule has 142 valence electrons. The van der Waals surface area contributed by atoms with Crippen LogP contribution in [0, 0.1) is 15.9 Å². The van der Waals surface area contributed by atoms with Crippen LogP contribution < -0.4 is 10.0 Å². The van der Waals surface area contributed by atoms with Crippen LogP contribution in [0.25, 0.3) is 0 Å². The number of hydrogen-bond acceptors (Lipinski definition) is 5. The third kappa shape index (κ3) is 4.99. The van der Waals surface area contributed by atoms with Crippen molar-refractivity contribution in [1.29, 1.82) is 0 Å². The fraction of sp³-hybridized carbons (Fsp3) is 0. The molecule has 9 heteroatoms. The van der Waals surface area contributed by atoms with Crippen molar-refractivity contribution in [2.45, 2.75) is 4.90 Å². The monoisotopic (exact) mass is 417 g/mol. The van der Waals surface area contributed by atoms with Crippen molar-refractivity contribution in [3.05, 3.63) is 93.2 Å². The number of halogens is 2. The molecule has 0 unspecified atom stereocenters. The zero-order chi connectivity index (χ0) is 20.1. The Balaban J connectivity index is 1.67. The summed E-state index contributed by atoms with van der Waals surface area (Å²) in [4.78, 5) is 23.4. The number of hydrogen-bond donors (Lipinski definition) is 2. The average molecular weight is 418 g/mol. The highest BCUT2D eigenvalue weighted by molar-refractivity contribution is 8.00. The maximum atomic E-state index is 13.2. The highest BCUT2D eigenvalue weighted by Crippen LogP contribution is 2.25. The molecule has 0 spiro atoms. The van der Waals surface area contributed by atoms with E-state index in [1.807, 2.05) is 0 Å². The number of non-ortho nitro benzene ring substituents is 1. The van der Waals surface area contributed by atoms with Crippen LogP contribution in [-0.2, 0) is 0 Å². The third-order valence-electron chi connectivity index (χ3n) is 3.62. The van der Waals surface area contributed by atoms with Crippen LogP contribution in [0.1, 0.15) is 10.4 Å². The van der Waals surface area contributed by atoms with Crippen LogP contribution >= 0.6 is 23.5 Å². The predicted molar refractivity (Wildman–Crippen MR) is 108 cm³/mol. The lowest BCUT2D eigenvalue weighted by molar-refractivity contribution is -0.385. The molecule has 0 aromatic heterocycles. The standard InChI is InChI=1S/C19H13ClFN3O3S/c20-17-10-13(7-8-18(17)21)22-19(25)12-3-1-4-14(9-12)23-28-16-6-2-5-15(11-16)24(26)27/h1-11,23H,(H,22,25). The summed E-state index contributed by atoms with van der Waals surface area (Å²) in [6.07, 6.45) is 0. The van der Waals surface area contributed by atoms with Crippen LogP contribution in [0.4, 0.5) is 21.5 Å². The quantitative estimate of drug-likeness (QED) is 0.302. The van der Waals surface area contributed by atoms with Gasteiger partial charge >= 0.3 is 0 Å². The van der Waals surface area contributed by atoms with E-state index in [2.05, 4.69) is 10.0 Å². The van der Waals surface area contributed by atoms with Gasteiger partial charge in [0, 0.05) is 34.0 Å². The SMILES string of the molecule is O=C(Nc1ccc(F)c(Cl)c1)c1cccc(NSc2cccc([N+](=O)[O-])c2)c1. The summed E-state index contributed by atoms with van der Waals surface area (Å²) in [5.41, 5.74) is 1.39.